The van der Waals surface area contributed by atoms with E-state index < -0.39 is 5.91 Å². The predicted molar refractivity (Wildman–Crippen MR) is 98.2 cm³/mol. The van der Waals surface area contributed by atoms with Gasteiger partial charge in [0, 0.05) is 44.4 Å². The predicted octanol–water partition coefficient (Wildman–Crippen LogP) is 2.84. The Hall–Kier alpha value is -2.67. The standard InChI is InChI=1S/C18H18N4O2S/c19-18(23)15-11-13(1-6-21-15)24-12-3-8-22(9-4-12)16-2-7-20-14-5-10-25-17(14)16/h1-2,5-7,10-12H,3-4,8-9H2,(H2,19,23). The van der Waals surface area contributed by atoms with Crippen molar-refractivity contribution in [1.82, 2.24) is 9.97 Å². The maximum atomic E-state index is 11.2. The van der Waals surface area contributed by atoms with E-state index in [2.05, 4.69) is 32.4 Å². The van der Waals surface area contributed by atoms with Crippen LogP contribution in [0, 0.1) is 0 Å². The average molecular weight is 354 g/mol. The molecule has 0 spiro atoms. The lowest BCUT2D eigenvalue weighted by Gasteiger charge is -2.33. The van der Waals surface area contributed by atoms with Gasteiger partial charge in [0.1, 0.15) is 17.5 Å². The van der Waals surface area contributed by atoms with Gasteiger partial charge in [-0.2, -0.15) is 0 Å². The van der Waals surface area contributed by atoms with E-state index in [0.29, 0.717) is 5.75 Å². The van der Waals surface area contributed by atoms with Crippen molar-refractivity contribution in [2.24, 2.45) is 5.73 Å². The first kappa shape index (κ1) is 15.8. The molecule has 0 aliphatic carbocycles. The number of primary amides is 1. The number of carbonyl (C=O) groups excluding carboxylic acids is 1. The SMILES string of the molecule is NC(=O)c1cc(OC2CCN(c3ccnc4ccsc34)CC2)ccn1. The van der Waals surface area contributed by atoms with Gasteiger partial charge in [0.2, 0.25) is 0 Å². The van der Waals surface area contributed by atoms with E-state index in [9.17, 15) is 4.79 Å². The number of aromatic nitrogens is 2. The third-order valence-electron chi connectivity index (χ3n) is 4.39. The molecule has 0 atom stereocenters. The second kappa shape index (κ2) is 6.68. The van der Waals surface area contributed by atoms with Gasteiger partial charge in [0.25, 0.3) is 5.91 Å². The second-order valence-electron chi connectivity index (χ2n) is 6.01. The molecule has 0 unspecified atom stereocenters. The molecule has 2 N–H and O–H groups in total. The zero-order valence-corrected chi connectivity index (χ0v) is 14.4. The summed E-state index contributed by atoms with van der Waals surface area (Å²) in [5, 5.41) is 2.08. The van der Waals surface area contributed by atoms with Gasteiger partial charge in [0.05, 0.1) is 15.9 Å². The number of nitrogens with two attached hydrogens (primary N) is 1. The van der Waals surface area contributed by atoms with E-state index >= 15 is 0 Å². The number of thiophene rings is 1. The summed E-state index contributed by atoms with van der Waals surface area (Å²) in [7, 11) is 0. The number of piperidine rings is 1. The minimum atomic E-state index is -0.544. The van der Waals surface area contributed by atoms with Gasteiger partial charge in [0.15, 0.2) is 0 Å². The minimum Gasteiger partial charge on any atom is -0.490 e. The average Bonchev–Trinajstić information content (AvgIpc) is 3.11. The molecule has 0 radical (unpaired) electrons. The number of fused-ring (bicyclic) bond motifs is 1. The van der Waals surface area contributed by atoms with Crippen LogP contribution < -0.4 is 15.4 Å². The maximum Gasteiger partial charge on any atom is 0.267 e. The fourth-order valence-corrected chi connectivity index (χ4v) is 4.03. The summed E-state index contributed by atoms with van der Waals surface area (Å²) < 4.78 is 7.26. The van der Waals surface area contributed by atoms with Crippen LogP contribution in [0.15, 0.2) is 42.0 Å². The van der Waals surface area contributed by atoms with Crippen molar-refractivity contribution in [2.75, 3.05) is 18.0 Å². The summed E-state index contributed by atoms with van der Waals surface area (Å²) in [5.74, 6) is 0.102. The number of anilines is 1. The normalized spacial score (nSPS) is 15.4. The molecule has 1 saturated heterocycles. The molecular formula is C18H18N4O2S. The lowest BCUT2D eigenvalue weighted by atomic mass is 10.1. The number of rotatable bonds is 4. The number of carbonyl (C=O) groups is 1. The molecule has 128 valence electrons. The van der Waals surface area contributed by atoms with Gasteiger partial charge in [-0.3, -0.25) is 14.8 Å². The maximum absolute atomic E-state index is 11.2. The highest BCUT2D eigenvalue weighted by Crippen LogP contribution is 2.32. The van der Waals surface area contributed by atoms with E-state index in [4.69, 9.17) is 10.5 Å². The fraction of sp³-hybridized carbons (Fsp3) is 0.278. The summed E-state index contributed by atoms with van der Waals surface area (Å²) in [6, 6.07) is 7.50. The van der Waals surface area contributed by atoms with Crippen molar-refractivity contribution in [3.05, 3.63) is 47.7 Å². The molecule has 4 heterocycles. The van der Waals surface area contributed by atoms with Gasteiger partial charge in [-0.05, 0) is 23.6 Å². The zero-order valence-electron chi connectivity index (χ0n) is 13.6. The quantitative estimate of drug-likeness (QED) is 0.779. The van der Waals surface area contributed by atoms with Crippen molar-refractivity contribution in [1.29, 1.82) is 0 Å². The molecule has 25 heavy (non-hydrogen) atoms. The number of hydrogen-bond acceptors (Lipinski definition) is 6. The largest absolute Gasteiger partial charge is 0.490 e. The molecule has 6 nitrogen and oxygen atoms in total. The number of hydrogen-bond donors (Lipinski definition) is 1. The smallest absolute Gasteiger partial charge is 0.267 e. The molecule has 0 bridgehead atoms. The van der Waals surface area contributed by atoms with Crippen molar-refractivity contribution < 1.29 is 9.53 Å². The zero-order chi connectivity index (χ0) is 17.2. The molecule has 1 amide bonds. The van der Waals surface area contributed by atoms with Crippen LogP contribution in [-0.4, -0.2) is 35.1 Å². The Labute approximate surface area is 149 Å². The van der Waals surface area contributed by atoms with Crippen LogP contribution in [-0.2, 0) is 0 Å². The Kier molecular flexibility index (Phi) is 4.23. The van der Waals surface area contributed by atoms with Crippen LogP contribution in [0.4, 0.5) is 5.69 Å². The Bertz CT molecular complexity index is 903. The minimum absolute atomic E-state index is 0.125. The number of amides is 1. The van der Waals surface area contributed by atoms with Gasteiger partial charge in [-0.1, -0.05) is 0 Å². The van der Waals surface area contributed by atoms with Gasteiger partial charge >= 0.3 is 0 Å². The molecular weight excluding hydrogens is 336 g/mol. The lowest BCUT2D eigenvalue weighted by Crippen LogP contribution is -2.38. The highest BCUT2D eigenvalue weighted by Gasteiger charge is 2.22. The Morgan fingerprint density at radius 1 is 1.20 bits per heavy atom. The van der Waals surface area contributed by atoms with Crippen LogP contribution in [0.2, 0.25) is 0 Å². The molecule has 3 aromatic rings. The van der Waals surface area contributed by atoms with E-state index in [1.54, 1.807) is 29.7 Å². The first-order chi connectivity index (χ1) is 12.2. The first-order valence-electron chi connectivity index (χ1n) is 8.20. The number of ether oxygens (including phenoxy) is 1. The molecule has 7 heteroatoms. The molecule has 0 aromatic carbocycles. The van der Waals surface area contributed by atoms with Gasteiger partial charge < -0.3 is 15.4 Å². The monoisotopic (exact) mass is 354 g/mol. The highest BCUT2D eigenvalue weighted by molar-refractivity contribution is 7.17. The van der Waals surface area contributed by atoms with Crippen LogP contribution >= 0.6 is 11.3 Å². The fourth-order valence-electron chi connectivity index (χ4n) is 3.13. The highest BCUT2D eigenvalue weighted by atomic mass is 32.1. The van der Waals surface area contributed by atoms with Crippen molar-refractivity contribution >= 4 is 33.1 Å². The third-order valence-corrected chi connectivity index (χ3v) is 5.32. The molecule has 3 aromatic heterocycles. The first-order valence-corrected chi connectivity index (χ1v) is 9.08. The van der Waals surface area contributed by atoms with E-state index in [-0.39, 0.29) is 11.8 Å². The summed E-state index contributed by atoms with van der Waals surface area (Å²) >= 11 is 1.73. The van der Waals surface area contributed by atoms with Crippen LogP contribution in [0.1, 0.15) is 23.3 Å². The topological polar surface area (TPSA) is 81.3 Å². The number of nitrogens with zero attached hydrogens (tertiary/aromatic N) is 3. The molecule has 0 saturated carbocycles. The van der Waals surface area contributed by atoms with E-state index in [0.717, 1.165) is 31.4 Å². The van der Waals surface area contributed by atoms with Gasteiger partial charge in [-0.15, -0.1) is 11.3 Å². The van der Waals surface area contributed by atoms with Crippen LogP contribution in [0.5, 0.6) is 5.75 Å². The molecule has 4 rings (SSSR count). The molecule has 1 aliphatic rings. The Balaban J connectivity index is 1.42. The van der Waals surface area contributed by atoms with E-state index in [1.807, 2.05) is 6.20 Å². The third kappa shape index (κ3) is 3.28. The van der Waals surface area contributed by atoms with Crippen molar-refractivity contribution in [2.45, 2.75) is 18.9 Å². The lowest BCUT2D eigenvalue weighted by molar-refractivity contribution is 0.0994. The summed E-state index contributed by atoms with van der Waals surface area (Å²) in [6.07, 6.45) is 5.39. The Morgan fingerprint density at radius 3 is 2.80 bits per heavy atom. The second-order valence-corrected chi connectivity index (χ2v) is 6.93. The summed E-state index contributed by atoms with van der Waals surface area (Å²) in [5.41, 5.74) is 7.80. The summed E-state index contributed by atoms with van der Waals surface area (Å²) in [6.45, 7) is 1.85. The molecule has 1 aliphatic heterocycles. The number of pyridine rings is 2. The van der Waals surface area contributed by atoms with Crippen LogP contribution in [0.25, 0.3) is 10.2 Å². The molecule has 1 fully saturated rings. The van der Waals surface area contributed by atoms with Crippen molar-refractivity contribution in [3.63, 3.8) is 0 Å². The van der Waals surface area contributed by atoms with Crippen molar-refractivity contribution in [3.8, 4) is 5.75 Å². The Morgan fingerprint density at radius 2 is 2.00 bits per heavy atom. The van der Waals surface area contributed by atoms with Crippen LogP contribution in [0.3, 0.4) is 0 Å². The summed E-state index contributed by atoms with van der Waals surface area (Å²) in [4.78, 5) is 22.0. The van der Waals surface area contributed by atoms with E-state index in [1.165, 1.54) is 10.4 Å². The van der Waals surface area contributed by atoms with Gasteiger partial charge in [-0.25, -0.2) is 0 Å².